The van der Waals surface area contributed by atoms with Gasteiger partial charge >= 0.3 is 5.97 Å². The zero-order valence-electron chi connectivity index (χ0n) is 12.8. The van der Waals surface area contributed by atoms with E-state index >= 15 is 0 Å². The van der Waals surface area contributed by atoms with E-state index in [1.807, 2.05) is 4.90 Å². The molecule has 0 bridgehead atoms. The summed E-state index contributed by atoms with van der Waals surface area (Å²) in [6.45, 7) is 3.53. The van der Waals surface area contributed by atoms with Crippen molar-refractivity contribution in [3.63, 3.8) is 0 Å². The lowest BCUT2D eigenvalue weighted by Gasteiger charge is -2.31. The Bertz CT molecular complexity index is 625. The van der Waals surface area contributed by atoms with Gasteiger partial charge in [-0.1, -0.05) is 15.9 Å². The average Bonchev–Trinajstić information content (AvgIpc) is 2.52. The third-order valence-corrected chi connectivity index (χ3v) is 4.48. The van der Waals surface area contributed by atoms with E-state index in [0.29, 0.717) is 22.5 Å². The number of nitrogens with zero attached hydrogens (tertiary/aromatic N) is 1. The third-order valence-electron chi connectivity index (χ3n) is 4.02. The molecule has 1 aliphatic rings. The predicted molar refractivity (Wildman–Crippen MR) is 88.4 cm³/mol. The number of amides is 2. The van der Waals surface area contributed by atoms with Crippen molar-refractivity contribution in [1.82, 2.24) is 10.2 Å². The molecular weight excluding hydrogens is 364 g/mol. The summed E-state index contributed by atoms with van der Waals surface area (Å²) < 4.78 is 0.553. The van der Waals surface area contributed by atoms with Gasteiger partial charge in [0.1, 0.15) is 0 Å². The first-order valence-corrected chi connectivity index (χ1v) is 8.23. The highest BCUT2D eigenvalue weighted by molar-refractivity contribution is 9.10. The number of likely N-dealkylation sites (tertiary alicyclic amines) is 1. The van der Waals surface area contributed by atoms with Crippen molar-refractivity contribution in [2.45, 2.75) is 19.8 Å². The topological polar surface area (TPSA) is 86.7 Å². The van der Waals surface area contributed by atoms with Crippen LogP contribution in [0.2, 0.25) is 0 Å². The molecule has 0 aliphatic carbocycles. The molecule has 1 aromatic rings. The lowest BCUT2D eigenvalue weighted by molar-refractivity contribution is -0.130. The molecule has 2 rings (SSSR count). The van der Waals surface area contributed by atoms with Gasteiger partial charge in [-0.25, -0.2) is 4.79 Å². The number of carboxylic acids is 1. The van der Waals surface area contributed by atoms with Crippen molar-refractivity contribution in [3.8, 4) is 0 Å². The summed E-state index contributed by atoms with van der Waals surface area (Å²) in [6.07, 6.45) is 1.72. The van der Waals surface area contributed by atoms with Crippen LogP contribution < -0.4 is 5.32 Å². The molecule has 0 spiro atoms. The van der Waals surface area contributed by atoms with Crippen LogP contribution in [0.4, 0.5) is 0 Å². The van der Waals surface area contributed by atoms with E-state index < -0.39 is 5.97 Å². The SMILES string of the molecule is CC(=O)N1CCC(CNC(=O)c2cc(Br)cc(C(=O)O)c2)CC1. The molecule has 2 N–H and O–H groups in total. The van der Waals surface area contributed by atoms with Crippen LogP contribution in [-0.4, -0.2) is 47.4 Å². The molecule has 1 fully saturated rings. The molecule has 0 aromatic heterocycles. The van der Waals surface area contributed by atoms with E-state index in [2.05, 4.69) is 21.2 Å². The van der Waals surface area contributed by atoms with Gasteiger partial charge in [-0.05, 0) is 37.0 Å². The van der Waals surface area contributed by atoms with Crippen LogP contribution in [0, 0.1) is 5.92 Å². The minimum Gasteiger partial charge on any atom is -0.478 e. The normalized spacial score (nSPS) is 15.3. The number of carbonyl (C=O) groups is 3. The zero-order valence-corrected chi connectivity index (χ0v) is 14.4. The lowest BCUT2D eigenvalue weighted by atomic mass is 9.96. The van der Waals surface area contributed by atoms with Crippen LogP contribution in [0.5, 0.6) is 0 Å². The second-order valence-corrected chi connectivity index (χ2v) is 6.61. The summed E-state index contributed by atoms with van der Waals surface area (Å²) in [7, 11) is 0. The molecular formula is C16H19BrN2O4. The van der Waals surface area contributed by atoms with E-state index in [1.54, 1.807) is 13.0 Å². The Kier molecular flexibility index (Phi) is 5.76. The maximum absolute atomic E-state index is 12.2. The monoisotopic (exact) mass is 382 g/mol. The van der Waals surface area contributed by atoms with E-state index in [4.69, 9.17) is 5.11 Å². The summed E-state index contributed by atoms with van der Waals surface area (Å²) in [5.41, 5.74) is 0.386. The molecule has 0 atom stereocenters. The number of benzene rings is 1. The lowest BCUT2D eigenvalue weighted by Crippen LogP contribution is -2.40. The second kappa shape index (κ2) is 7.59. The van der Waals surface area contributed by atoms with Crippen LogP contribution in [0.1, 0.15) is 40.5 Å². The Labute approximate surface area is 143 Å². The molecule has 0 unspecified atom stereocenters. The predicted octanol–water partition coefficient (Wildman–Crippen LogP) is 2.14. The zero-order chi connectivity index (χ0) is 17.0. The number of halogens is 1. The van der Waals surface area contributed by atoms with Gasteiger partial charge in [0.05, 0.1) is 5.56 Å². The highest BCUT2D eigenvalue weighted by atomic mass is 79.9. The Morgan fingerprint density at radius 2 is 1.83 bits per heavy atom. The summed E-state index contributed by atoms with van der Waals surface area (Å²) in [5.74, 6) is -0.941. The Morgan fingerprint density at radius 3 is 2.39 bits per heavy atom. The molecule has 1 aromatic carbocycles. The molecule has 1 aliphatic heterocycles. The minimum atomic E-state index is -1.07. The fourth-order valence-corrected chi connectivity index (χ4v) is 3.13. The van der Waals surface area contributed by atoms with Crippen LogP contribution in [-0.2, 0) is 4.79 Å². The number of nitrogens with one attached hydrogen (secondary N) is 1. The van der Waals surface area contributed by atoms with Crippen molar-refractivity contribution in [3.05, 3.63) is 33.8 Å². The maximum Gasteiger partial charge on any atom is 0.335 e. The Balaban J connectivity index is 1.91. The van der Waals surface area contributed by atoms with Crippen molar-refractivity contribution in [2.75, 3.05) is 19.6 Å². The van der Waals surface area contributed by atoms with Crippen molar-refractivity contribution in [1.29, 1.82) is 0 Å². The van der Waals surface area contributed by atoms with Gasteiger partial charge in [0.25, 0.3) is 5.91 Å². The minimum absolute atomic E-state index is 0.0688. The summed E-state index contributed by atoms with van der Waals surface area (Å²) in [4.78, 5) is 36.3. The number of rotatable bonds is 4. The van der Waals surface area contributed by atoms with Gasteiger partial charge in [-0.2, -0.15) is 0 Å². The number of hydrogen-bond donors (Lipinski definition) is 2. The molecule has 6 nitrogen and oxygen atoms in total. The second-order valence-electron chi connectivity index (χ2n) is 5.69. The van der Waals surface area contributed by atoms with Crippen LogP contribution in [0.15, 0.2) is 22.7 Å². The summed E-state index contributed by atoms with van der Waals surface area (Å²) in [5, 5.41) is 11.9. The number of aromatic carboxylic acids is 1. The van der Waals surface area contributed by atoms with Gasteiger partial charge in [0, 0.05) is 36.6 Å². The third kappa shape index (κ3) is 4.79. The quantitative estimate of drug-likeness (QED) is 0.834. The fraction of sp³-hybridized carbons (Fsp3) is 0.438. The smallest absolute Gasteiger partial charge is 0.335 e. The van der Waals surface area contributed by atoms with E-state index in [9.17, 15) is 14.4 Å². The first-order valence-electron chi connectivity index (χ1n) is 7.44. The first kappa shape index (κ1) is 17.5. The number of piperidine rings is 1. The summed E-state index contributed by atoms with van der Waals surface area (Å²) in [6, 6.07) is 4.41. The maximum atomic E-state index is 12.2. The van der Waals surface area contributed by atoms with E-state index in [1.165, 1.54) is 12.1 Å². The highest BCUT2D eigenvalue weighted by Gasteiger charge is 2.21. The van der Waals surface area contributed by atoms with Crippen molar-refractivity contribution < 1.29 is 19.5 Å². The van der Waals surface area contributed by atoms with Crippen LogP contribution >= 0.6 is 15.9 Å². The molecule has 2 amide bonds. The molecule has 1 saturated heterocycles. The molecule has 124 valence electrons. The van der Waals surface area contributed by atoms with Gasteiger partial charge in [0.2, 0.25) is 5.91 Å². The van der Waals surface area contributed by atoms with Gasteiger partial charge in [-0.15, -0.1) is 0 Å². The number of carboxylic acid groups (broad SMARTS) is 1. The fourth-order valence-electron chi connectivity index (χ4n) is 2.64. The Morgan fingerprint density at radius 1 is 1.22 bits per heavy atom. The molecule has 23 heavy (non-hydrogen) atoms. The largest absolute Gasteiger partial charge is 0.478 e. The van der Waals surface area contributed by atoms with Crippen molar-refractivity contribution >= 4 is 33.7 Å². The first-order chi connectivity index (χ1) is 10.9. The van der Waals surface area contributed by atoms with Crippen LogP contribution in [0.3, 0.4) is 0 Å². The standard InChI is InChI=1S/C16H19BrN2O4/c1-10(20)19-4-2-11(3-5-19)9-18-15(21)12-6-13(16(22)23)8-14(17)7-12/h6-8,11H,2-5,9H2,1H3,(H,18,21)(H,22,23). The van der Waals surface area contributed by atoms with Crippen LogP contribution in [0.25, 0.3) is 0 Å². The average molecular weight is 383 g/mol. The molecule has 0 radical (unpaired) electrons. The van der Waals surface area contributed by atoms with E-state index in [-0.39, 0.29) is 17.4 Å². The number of hydrogen-bond acceptors (Lipinski definition) is 3. The van der Waals surface area contributed by atoms with Gasteiger partial charge < -0.3 is 15.3 Å². The van der Waals surface area contributed by atoms with Crippen molar-refractivity contribution in [2.24, 2.45) is 5.92 Å². The number of carbonyl (C=O) groups excluding carboxylic acids is 2. The molecule has 7 heteroatoms. The van der Waals surface area contributed by atoms with E-state index in [0.717, 1.165) is 25.9 Å². The summed E-state index contributed by atoms with van der Waals surface area (Å²) >= 11 is 3.22. The van der Waals surface area contributed by atoms with Gasteiger partial charge in [0.15, 0.2) is 0 Å². The Hall–Kier alpha value is -1.89. The highest BCUT2D eigenvalue weighted by Crippen LogP contribution is 2.18. The van der Waals surface area contributed by atoms with Gasteiger partial charge in [-0.3, -0.25) is 9.59 Å². The molecule has 1 heterocycles. The molecule has 0 saturated carbocycles.